The number of aliphatic carboxylic acids is 1. The van der Waals surface area contributed by atoms with Gasteiger partial charge in [0.2, 0.25) is 0 Å². The van der Waals surface area contributed by atoms with Crippen LogP contribution in [0.1, 0.15) is 6.42 Å². The Balaban J connectivity index is 4.07. The van der Waals surface area contributed by atoms with Crippen molar-refractivity contribution in [3.05, 3.63) is 12.7 Å². The maximum Gasteiger partial charge on any atom is 0.305 e. The smallest absolute Gasteiger partial charge is 0.305 e. The number of carbonyl (C=O) groups is 1. The highest BCUT2D eigenvalue weighted by atomic mass is 16.4. The zero-order valence-corrected chi connectivity index (χ0v) is 6.03. The van der Waals surface area contributed by atoms with E-state index in [1.165, 1.54) is 6.08 Å². The second-order valence-corrected chi connectivity index (χ2v) is 1.95. The molecule has 0 aliphatic carbocycles. The van der Waals surface area contributed by atoms with Crippen molar-refractivity contribution in [2.45, 2.75) is 12.5 Å². The fourth-order valence-corrected chi connectivity index (χ4v) is 0.552. The van der Waals surface area contributed by atoms with E-state index in [-0.39, 0.29) is 12.4 Å². The van der Waals surface area contributed by atoms with E-state index in [1.54, 1.807) is 0 Å². The minimum atomic E-state index is -0.958. The van der Waals surface area contributed by atoms with E-state index in [1.807, 2.05) is 0 Å². The van der Waals surface area contributed by atoms with Crippen LogP contribution in [0.3, 0.4) is 0 Å². The van der Waals surface area contributed by atoms with Crippen molar-refractivity contribution >= 4 is 11.9 Å². The van der Waals surface area contributed by atoms with E-state index in [0.717, 1.165) is 0 Å². The summed E-state index contributed by atoms with van der Waals surface area (Å²) in [5, 5.41) is 8.33. The molecule has 62 valence electrons. The molecule has 1 atom stereocenters. The van der Waals surface area contributed by atoms with E-state index in [9.17, 15) is 4.79 Å². The third kappa shape index (κ3) is 4.95. The number of rotatable bonds is 4. The number of hydrogen-bond acceptors (Lipinski definition) is 2. The van der Waals surface area contributed by atoms with Crippen molar-refractivity contribution in [3.8, 4) is 0 Å². The lowest BCUT2D eigenvalue weighted by Gasteiger charge is -2.02. The maximum absolute atomic E-state index is 10.2. The van der Waals surface area contributed by atoms with Crippen LogP contribution in [0, 0.1) is 0 Å². The molecular formula is C6H11N3O2. The summed E-state index contributed by atoms with van der Waals surface area (Å²) in [6.45, 7) is 3.39. The lowest BCUT2D eigenvalue weighted by atomic mass is 10.2. The monoisotopic (exact) mass is 157 g/mol. The second kappa shape index (κ2) is 4.32. The topological polar surface area (TPSA) is 102 Å². The summed E-state index contributed by atoms with van der Waals surface area (Å²) < 4.78 is 0. The first-order chi connectivity index (χ1) is 5.06. The quantitative estimate of drug-likeness (QED) is 0.285. The summed E-state index contributed by atoms with van der Waals surface area (Å²) in [5.74, 6) is -1.09. The van der Waals surface area contributed by atoms with Gasteiger partial charge < -0.3 is 16.6 Å². The van der Waals surface area contributed by atoms with Crippen LogP contribution in [0.4, 0.5) is 0 Å². The Morgan fingerprint density at radius 3 is 2.55 bits per heavy atom. The average Bonchev–Trinajstić information content (AvgIpc) is 1.84. The molecule has 5 heteroatoms. The van der Waals surface area contributed by atoms with Gasteiger partial charge in [0.05, 0.1) is 12.5 Å². The number of nitrogens with zero attached hydrogens (tertiary/aromatic N) is 1. The minimum absolute atomic E-state index is 0.129. The van der Waals surface area contributed by atoms with Crippen molar-refractivity contribution in [1.82, 2.24) is 0 Å². The van der Waals surface area contributed by atoms with Gasteiger partial charge in [-0.2, -0.15) is 0 Å². The van der Waals surface area contributed by atoms with Crippen LogP contribution >= 0.6 is 0 Å². The molecule has 0 radical (unpaired) electrons. The Morgan fingerprint density at radius 1 is 1.73 bits per heavy atom. The summed E-state index contributed by atoms with van der Waals surface area (Å²) in [6, 6.07) is -0.530. The van der Waals surface area contributed by atoms with Crippen molar-refractivity contribution in [2.24, 2.45) is 16.5 Å². The van der Waals surface area contributed by atoms with Gasteiger partial charge in [-0.3, -0.25) is 4.79 Å². The molecule has 5 N–H and O–H groups in total. The molecule has 0 aromatic rings. The fourth-order valence-electron chi connectivity index (χ4n) is 0.552. The van der Waals surface area contributed by atoms with Gasteiger partial charge >= 0.3 is 5.97 Å². The number of hydrogen-bond donors (Lipinski definition) is 3. The minimum Gasteiger partial charge on any atom is -0.481 e. The molecule has 0 aliphatic rings. The summed E-state index contributed by atoms with van der Waals surface area (Å²) in [7, 11) is 0. The number of guanidine groups is 1. The molecule has 0 heterocycles. The van der Waals surface area contributed by atoms with Gasteiger partial charge in [-0.1, -0.05) is 6.08 Å². The fraction of sp³-hybridized carbons (Fsp3) is 0.333. The number of carboxylic acids is 1. The predicted molar refractivity (Wildman–Crippen MR) is 42.0 cm³/mol. The van der Waals surface area contributed by atoms with Crippen LogP contribution < -0.4 is 11.5 Å². The highest BCUT2D eigenvalue weighted by molar-refractivity contribution is 5.76. The number of aliphatic imine (C=N–C) groups is 1. The first kappa shape index (κ1) is 9.48. The Morgan fingerprint density at radius 2 is 2.27 bits per heavy atom. The van der Waals surface area contributed by atoms with Gasteiger partial charge in [0.1, 0.15) is 0 Å². The van der Waals surface area contributed by atoms with Crippen LogP contribution in [0.15, 0.2) is 17.6 Å². The second-order valence-electron chi connectivity index (χ2n) is 1.95. The number of nitrogens with two attached hydrogens (primary N) is 2. The molecule has 0 amide bonds. The Bertz CT molecular complexity index is 184. The van der Waals surface area contributed by atoms with Crippen molar-refractivity contribution < 1.29 is 9.90 Å². The van der Waals surface area contributed by atoms with Crippen LogP contribution in [-0.2, 0) is 4.79 Å². The standard InChI is InChI=1S/C6H11N3O2/c1-2-4(3-5(10)11)9-6(7)8/h2,4H,1,3H2,(H,10,11)(H4,7,8,9)/t4-/m0/s1. The van der Waals surface area contributed by atoms with E-state index in [2.05, 4.69) is 11.6 Å². The van der Waals surface area contributed by atoms with Gasteiger partial charge in [0.15, 0.2) is 5.96 Å². The van der Waals surface area contributed by atoms with E-state index in [4.69, 9.17) is 16.6 Å². The number of carboxylic acid groups (broad SMARTS) is 1. The molecule has 0 aromatic carbocycles. The third-order valence-electron chi connectivity index (χ3n) is 0.971. The van der Waals surface area contributed by atoms with Gasteiger partial charge in [-0.15, -0.1) is 6.58 Å². The van der Waals surface area contributed by atoms with Crippen LogP contribution in [0.25, 0.3) is 0 Å². The molecule has 0 fully saturated rings. The van der Waals surface area contributed by atoms with Gasteiger partial charge in [-0.05, 0) is 0 Å². The molecule has 0 bridgehead atoms. The maximum atomic E-state index is 10.2. The first-order valence-electron chi connectivity index (χ1n) is 2.99. The van der Waals surface area contributed by atoms with Gasteiger partial charge in [0.25, 0.3) is 0 Å². The lowest BCUT2D eigenvalue weighted by molar-refractivity contribution is -0.137. The van der Waals surface area contributed by atoms with Gasteiger partial charge in [0, 0.05) is 0 Å². The predicted octanol–water partition coefficient (Wildman–Crippen LogP) is -0.711. The highest BCUT2D eigenvalue weighted by Crippen LogP contribution is 1.97. The zero-order valence-electron chi connectivity index (χ0n) is 6.03. The van der Waals surface area contributed by atoms with E-state index >= 15 is 0 Å². The zero-order chi connectivity index (χ0) is 8.85. The Labute approximate surface area is 64.4 Å². The van der Waals surface area contributed by atoms with E-state index < -0.39 is 12.0 Å². The molecule has 0 saturated heterocycles. The molecule has 0 saturated carbocycles. The Kier molecular flexibility index (Phi) is 3.72. The van der Waals surface area contributed by atoms with Crippen molar-refractivity contribution in [2.75, 3.05) is 0 Å². The largest absolute Gasteiger partial charge is 0.481 e. The molecule has 0 rings (SSSR count). The third-order valence-corrected chi connectivity index (χ3v) is 0.971. The first-order valence-corrected chi connectivity index (χ1v) is 2.99. The molecule has 0 spiro atoms. The Hall–Kier alpha value is -1.52. The summed E-state index contributed by atoms with van der Waals surface area (Å²) >= 11 is 0. The van der Waals surface area contributed by atoms with Crippen LogP contribution in [0.2, 0.25) is 0 Å². The molecular weight excluding hydrogens is 146 g/mol. The lowest BCUT2D eigenvalue weighted by Crippen LogP contribution is -2.25. The molecule has 5 nitrogen and oxygen atoms in total. The molecule has 0 aliphatic heterocycles. The SMILES string of the molecule is C=C[C@@H](CC(=O)O)N=C(N)N. The normalized spacial score (nSPS) is 11.6. The van der Waals surface area contributed by atoms with Crippen molar-refractivity contribution in [1.29, 1.82) is 0 Å². The molecule has 0 unspecified atom stereocenters. The van der Waals surface area contributed by atoms with Crippen molar-refractivity contribution in [3.63, 3.8) is 0 Å². The van der Waals surface area contributed by atoms with Gasteiger partial charge in [-0.25, -0.2) is 4.99 Å². The summed E-state index contributed by atoms with van der Waals surface area (Å²) in [6.07, 6.45) is 1.25. The summed E-state index contributed by atoms with van der Waals surface area (Å²) in [4.78, 5) is 13.8. The van der Waals surface area contributed by atoms with Crippen LogP contribution in [-0.4, -0.2) is 23.1 Å². The van der Waals surface area contributed by atoms with Crippen LogP contribution in [0.5, 0.6) is 0 Å². The van der Waals surface area contributed by atoms with E-state index in [0.29, 0.717) is 0 Å². The highest BCUT2D eigenvalue weighted by Gasteiger charge is 2.06. The molecule has 11 heavy (non-hydrogen) atoms. The average molecular weight is 157 g/mol. The molecule has 0 aromatic heterocycles. The summed E-state index contributed by atoms with van der Waals surface area (Å²) in [5.41, 5.74) is 10.1.